The van der Waals surface area contributed by atoms with E-state index in [1.54, 1.807) is 30.3 Å². The molecule has 7 heteroatoms. The summed E-state index contributed by atoms with van der Waals surface area (Å²) in [7, 11) is 0. The lowest BCUT2D eigenvalue weighted by molar-refractivity contribution is 0.102. The fraction of sp³-hybridized carbons (Fsp3) is 0.0526. The third-order valence-corrected chi connectivity index (χ3v) is 3.81. The Labute approximate surface area is 153 Å². The first kappa shape index (κ1) is 17.7. The first-order chi connectivity index (χ1) is 12.5. The molecule has 3 rings (SSSR count). The van der Waals surface area contributed by atoms with E-state index < -0.39 is 0 Å². The zero-order chi connectivity index (χ0) is 18.5. The molecule has 0 aliphatic heterocycles. The van der Waals surface area contributed by atoms with Crippen LogP contribution in [0.3, 0.4) is 0 Å². The van der Waals surface area contributed by atoms with Crippen molar-refractivity contribution in [3.05, 3.63) is 93.1 Å². The Morgan fingerprint density at radius 2 is 2.00 bits per heavy atom. The third-order valence-electron chi connectivity index (χ3n) is 3.52. The standard InChI is InChI=1S/C19H14ClFN2O3/c20-16-9-15(23-19(25)13-4-7-18(24)22-10-13)5-6-17(16)26-11-12-2-1-3-14(21)8-12/h1-10H,11H2,(H,22,24)(H,23,25). The van der Waals surface area contributed by atoms with Gasteiger partial charge >= 0.3 is 0 Å². The molecule has 0 saturated carbocycles. The predicted molar refractivity (Wildman–Crippen MR) is 97.2 cm³/mol. The zero-order valence-corrected chi connectivity index (χ0v) is 14.2. The largest absolute Gasteiger partial charge is 0.487 e. The Morgan fingerprint density at radius 3 is 2.69 bits per heavy atom. The number of ether oxygens (including phenoxy) is 1. The molecule has 0 fully saturated rings. The first-order valence-electron chi connectivity index (χ1n) is 7.68. The van der Waals surface area contributed by atoms with Crippen LogP contribution in [0.5, 0.6) is 5.75 Å². The molecule has 2 aromatic carbocycles. The number of nitrogens with one attached hydrogen (secondary N) is 2. The summed E-state index contributed by atoms with van der Waals surface area (Å²) >= 11 is 6.18. The average Bonchev–Trinajstić information content (AvgIpc) is 2.61. The van der Waals surface area contributed by atoms with Crippen LogP contribution in [0.15, 0.2) is 65.6 Å². The summed E-state index contributed by atoms with van der Waals surface area (Å²) in [6.07, 6.45) is 1.33. The van der Waals surface area contributed by atoms with E-state index >= 15 is 0 Å². The van der Waals surface area contributed by atoms with Gasteiger partial charge in [-0.25, -0.2) is 4.39 Å². The van der Waals surface area contributed by atoms with Crippen molar-refractivity contribution in [3.8, 4) is 5.75 Å². The second kappa shape index (κ2) is 7.84. The van der Waals surface area contributed by atoms with E-state index in [1.165, 1.54) is 30.5 Å². The smallest absolute Gasteiger partial charge is 0.257 e. The van der Waals surface area contributed by atoms with E-state index in [-0.39, 0.29) is 23.9 Å². The highest BCUT2D eigenvalue weighted by Gasteiger charge is 2.09. The molecule has 132 valence electrons. The number of carbonyl (C=O) groups excluding carboxylic acids is 1. The number of hydrogen-bond donors (Lipinski definition) is 2. The SMILES string of the molecule is O=C(Nc1ccc(OCc2cccc(F)c2)c(Cl)c1)c1ccc(=O)[nH]c1. The van der Waals surface area contributed by atoms with E-state index in [0.29, 0.717) is 27.6 Å². The molecule has 0 radical (unpaired) electrons. The Kier molecular flexibility index (Phi) is 5.34. The second-order valence-corrected chi connectivity index (χ2v) is 5.87. The van der Waals surface area contributed by atoms with E-state index in [1.807, 2.05) is 0 Å². The molecule has 0 aliphatic rings. The van der Waals surface area contributed by atoms with Crippen LogP contribution in [-0.4, -0.2) is 10.9 Å². The van der Waals surface area contributed by atoms with Crippen LogP contribution in [0.4, 0.5) is 10.1 Å². The summed E-state index contributed by atoms with van der Waals surface area (Å²) in [5.41, 5.74) is 1.18. The number of rotatable bonds is 5. The highest BCUT2D eigenvalue weighted by atomic mass is 35.5. The zero-order valence-electron chi connectivity index (χ0n) is 13.5. The van der Waals surface area contributed by atoms with Crippen LogP contribution in [0.1, 0.15) is 15.9 Å². The van der Waals surface area contributed by atoms with Crippen LogP contribution in [0, 0.1) is 5.82 Å². The Bertz CT molecular complexity index is 984. The molecule has 0 atom stereocenters. The first-order valence-corrected chi connectivity index (χ1v) is 8.06. The van der Waals surface area contributed by atoms with Gasteiger partial charge in [0.2, 0.25) is 5.56 Å². The number of pyridine rings is 1. The number of hydrogen-bond acceptors (Lipinski definition) is 3. The number of H-pyrrole nitrogens is 1. The van der Waals surface area contributed by atoms with Crippen LogP contribution < -0.4 is 15.6 Å². The van der Waals surface area contributed by atoms with Gasteiger partial charge in [0.05, 0.1) is 10.6 Å². The summed E-state index contributed by atoms with van der Waals surface area (Å²) in [5.74, 6) is -0.304. The summed E-state index contributed by atoms with van der Waals surface area (Å²) < 4.78 is 18.8. The van der Waals surface area contributed by atoms with Crippen molar-refractivity contribution in [1.29, 1.82) is 0 Å². The van der Waals surface area contributed by atoms with Crippen LogP contribution >= 0.6 is 11.6 Å². The predicted octanol–water partition coefficient (Wildman–Crippen LogP) is 4.00. The molecule has 0 saturated heterocycles. The van der Waals surface area contributed by atoms with E-state index in [9.17, 15) is 14.0 Å². The summed E-state index contributed by atoms with van der Waals surface area (Å²) in [4.78, 5) is 25.6. The van der Waals surface area contributed by atoms with Crippen LogP contribution in [0.2, 0.25) is 5.02 Å². The molecule has 0 unspecified atom stereocenters. The van der Waals surface area contributed by atoms with Crippen molar-refractivity contribution in [1.82, 2.24) is 4.98 Å². The number of anilines is 1. The normalized spacial score (nSPS) is 10.4. The minimum Gasteiger partial charge on any atom is -0.487 e. The van der Waals surface area contributed by atoms with Gasteiger partial charge in [-0.3, -0.25) is 9.59 Å². The monoisotopic (exact) mass is 372 g/mol. The number of aromatic nitrogens is 1. The van der Waals surface area contributed by atoms with Gasteiger partial charge in [-0.2, -0.15) is 0 Å². The maximum atomic E-state index is 13.2. The van der Waals surface area contributed by atoms with Crippen LogP contribution in [0.25, 0.3) is 0 Å². The third kappa shape index (κ3) is 4.49. The lowest BCUT2D eigenvalue weighted by atomic mass is 10.2. The van der Waals surface area contributed by atoms with Crippen molar-refractivity contribution >= 4 is 23.2 Å². The summed E-state index contributed by atoms with van der Waals surface area (Å²) in [5, 5.41) is 2.98. The van der Waals surface area contributed by atoms with Crippen molar-refractivity contribution in [2.75, 3.05) is 5.32 Å². The fourth-order valence-corrected chi connectivity index (χ4v) is 2.47. The lowest BCUT2D eigenvalue weighted by Gasteiger charge is -2.11. The van der Waals surface area contributed by atoms with E-state index in [0.717, 1.165) is 0 Å². The maximum Gasteiger partial charge on any atom is 0.257 e. The quantitative estimate of drug-likeness (QED) is 0.711. The molecule has 1 heterocycles. The maximum absolute atomic E-state index is 13.2. The van der Waals surface area contributed by atoms with Crippen molar-refractivity contribution < 1.29 is 13.9 Å². The minimum absolute atomic E-state index is 0.167. The molecule has 1 amide bonds. The van der Waals surface area contributed by atoms with Gasteiger partial charge in [-0.05, 0) is 42.0 Å². The van der Waals surface area contributed by atoms with Crippen molar-refractivity contribution in [3.63, 3.8) is 0 Å². The number of benzene rings is 2. The molecule has 0 spiro atoms. The van der Waals surface area contributed by atoms with E-state index in [2.05, 4.69) is 10.3 Å². The van der Waals surface area contributed by atoms with E-state index in [4.69, 9.17) is 16.3 Å². The molecule has 0 bridgehead atoms. The van der Waals surface area contributed by atoms with Gasteiger partial charge in [0.25, 0.3) is 5.91 Å². The highest BCUT2D eigenvalue weighted by molar-refractivity contribution is 6.32. The molecule has 5 nitrogen and oxygen atoms in total. The molecular weight excluding hydrogens is 359 g/mol. The van der Waals surface area contributed by atoms with Gasteiger partial charge in [0, 0.05) is 18.0 Å². The number of aromatic amines is 1. The minimum atomic E-state index is -0.384. The van der Waals surface area contributed by atoms with Gasteiger partial charge < -0.3 is 15.0 Å². The number of halogens is 2. The molecule has 1 aromatic heterocycles. The summed E-state index contributed by atoms with van der Waals surface area (Å²) in [6, 6.07) is 13.6. The van der Waals surface area contributed by atoms with Gasteiger partial charge in [-0.15, -0.1) is 0 Å². The Hall–Kier alpha value is -3.12. The number of amides is 1. The average molecular weight is 373 g/mol. The van der Waals surface area contributed by atoms with Crippen molar-refractivity contribution in [2.45, 2.75) is 6.61 Å². The number of carbonyl (C=O) groups is 1. The Balaban J connectivity index is 1.66. The molecule has 26 heavy (non-hydrogen) atoms. The lowest BCUT2D eigenvalue weighted by Crippen LogP contribution is -2.14. The fourth-order valence-electron chi connectivity index (χ4n) is 2.24. The van der Waals surface area contributed by atoms with Crippen molar-refractivity contribution in [2.24, 2.45) is 0 Å². The Morgan fingerprint density at radius 1 is 1.15 bits per heavy atom. The molecule has 0 aliphatic carbocycles. The van der Waals surface area contributed by atoms with Gasteiger partial charge in [-0.1, -0.05) is 23.7 Å². The van der Waals surface area contributed by atoms with Crippen LogP contribution in [-0.2, 0) is 6.61 Å². The second-order valence-electron chi connectivity index (χ2n) is 5.46. The van der Waals surface area contributed by atoms with Gasteiger partial charge in [0.15, 0.2) is 0 Å². The molecular formula is C19H14ClFN2O3. The highest BCUT2D eigenvalue weighted by Crippen LogP contribution is 2.28. The topological polar surface area (TPSA) is 71.2 Å². The molecule has 2 N–H and O–H groups in total. The summed E-state index contributed by atoms with van der Waals surface area (Å²) in [6.45, 7) is 0.167. The van der Waals surface area contributed by atoms with Gasteiger partial charge in [0.1, 0.15) is 18.2 Å². The molecule has 3 aromatic rings.